The maximum atomic E-state index is 12.8. The SMILES string of the molecule is CCCOc1ccccc1C=NNC(=O)/C(=C/C=C\c1ccccc1)NC(=O)c1ccccc1. The molecule has 0 saturated heterocycles. The molecule has 0 bridgehead atoms. The fraction of sp³-hybridized carbons (Fsp3) is 0.107. The van der Waals surface area contributed by atoms with Crippen LogP contribution in [-0.2, 0) is 4.79 Å². The zero-order chi connectivity index (χ0) is 24.0. The summed E-state index contributed by atoms with van der Waals surface area (Å²) in [5.41, 5.74) is 4.69. The van der Waals surface area contributed by atoms with Crippen molar-refractivity contribution in [2.75, 3.05) is 6.61 Å². The summed E-state index contributed by atoms with van der Waals surface area (Å²) in [6.45, 7) is 2.62. The van der Waals surface area contributed by atoms with Gasteiger partial charge in [-0.15, -0.1) is 0 Å². The molecular formula is C28H27N3O3. The van der Waals surface area contributed by atoms with Gasteiger partial charge in [0.15, 0.2) is 0 Å². The molecule has 3 aromatic rings. The summed E-state index contributed by atoms with van der Waals surface area (Å²) in [7, 11) is 0. The van der Waals surface area contributed by atoms with Crippen molar-refractivity contribution in [3.05, 3.63) is 119 Å². The van der Waals surface area contributed by atoms with E-state index in [-0.39, 0.29) is 5.70 Å². The zero-order valence-corrected chi connectivity index (χ0v) is 19.0. The van der Waals surface area contributed by atoms with Gasteiger partial charge in [0.25, 0.3) is 11.8 Å². The van der Waals surface area contributed by atoms with Gasteiger partial charge in [-0.3, -0.25) is 9.59 Å². The van der Waals surface area contributed by atoms with Gasteiger partial charge in [-0.05, 0) is 42.3 Å². The smallest absolute Gasteiger partial charge is 0.287 e. The Bertz CT molecular complexity index is 1170. The molecule has 2 amide bonds. The van der Waals surface area contributed by atoms with Gasteiger partial charge in [0.1, 0.15) is 11.4 Å². The van der Waals surface area contributed by atoms with Crippen LogP contribution in [0.5, 0.6) is 5.75 Å². The van der Waals surface area contributed by atoms with Crippen LogP contribution in [0.15, 0.2) is 108 Å². The molecule has 2 N–H and O–H groups in total. The lowest BCUT2D eigenvalue weighted by atomic mass is 10.2. The molecule has 0 aliphatic rings. The molecule has 3 rings (SSSR count). The number of carbonyl (C=O) groups is 2. The molecule has 6 nitrogen and oxygen atoms in total. The molecule has 3 aromatic carbocycles. The lowest BCUT2D eigenvalue weighted by Crippen LogP contribution is -2.32. The van der Waals surface area contributed by atoms with Gasteiger partial charge in [0.2, 0.25) is 0 Å². The molecule has 172 valence electrons. The standard InChI is InChI=1S/C28H27N3O3/c1-2-20-34-26-19-10-9-17-24(26)21-29-31-28(33)25(18-11-14-22-12-5-3-6-13-22)30-27(32)23-15-7-4-8-16-23/h3-19,21H,2,20H2,1H3,(H,30,32)(H,31,33)/b14-11-,25-18-,29-21?. The van der Waals surface area contributed by atoms with Crippen LogP contribution in [0.3, 0.4) is 0 Å². The highest BCUT2D eigenvalue weighted by Crippen LogP contribution is 2.16. The molecule has 0 fully saturated rings. The summed E-state index contributed by atoms with van der Waals surface area (Å²) in [5.74, 6) is -0.260. The van der Waals surface area contributed by atoms with E-state index in [4.69, 9.17) is 4.74 Å². The Morgan fingerprint density at radius 3 is 2.32 bits per heavy atom. The molecule has 0 spiro atoms. The van der Waals surface area contributed by atoms with Gasteiger partial charge in [0, 0.05) is 11.1 Å². The number of benzene rings is 3. The maximum Gasteiger partial charge on any atom is 0.287 e. The molecule has 34 heavy (non-hydrogen) atoms. The van der Waals surface area contributed by atoms with Gasteiger partial charge >= 0.3 is 0 Å². The topological polar surface area (TPSA) is 79.8 Å². The fourth-order valence-corrected chi connectivity index (χ4v) is 2.93. The number of para-hydroxylation sites is 1. The number of hydrogen-bond donors (Lipinski definition) is 2. The van der Waals surface area contributed by atoms with E-state index in [1.807, 2.05) is 73.7 Å². The summed E-state index contributed by atoms with van der Waals surface area (Å²) < 4.78 is 5.71. The van der Waals surface area contributed by atoms with Crippen LogP contribution in [0.2, 0.25) is 0 Å². The Labute approximate surface area is 199 Å². The van der Waals surface area contributed by atoms with Crippen molar-refractivity contribution in [3.8, 4) is 5.75 Å². The van der Waals surface area contributed by atoms with Crippen LogP contribution in [-0.4, -0.2) is 24.6 Å². The average molecular weight is 454 g/mol. The Morgan fingerprint density at radius 2 is 1.59 bits per heavy atom. The molecule has 0 atom stereocenters. The third-order valence-electron chi connectivity index (χ3n) is 4.63. The number of hydrogen-bond acceptors (Lipinski definition) is 4. The summed E-state index contributed by atoms with van der Waals surface area (Å²) in [6, 6.07) is 25.8. The van der Waals surface area contributed by atoms with Crippen molar-refractivity contribution in [1.29, 1.82) is 0 Å². The first kappa shape index (κ1) is 24.2. The second kappa shape index (κ2) is 13.2. The minimum Gasteiger partial charge on any atom is -0.493 e. The predicted molar refractivity (Wildman–Crippen MR) is 135 cm³/mol. The molecule has 0 saturated carbocycles. The van der Waals surface area contributed by atoms with Crippen LogP contribution in [0.25, 0.3) is 6.08 Å². The number of amides is 2. The Balaban J connectivity index is 1.75. The van der Waals surface area contributed by atoms with Crippen LogP contribution in [0.1, 0.15) is 34.8 Å². The Kier molecular flexibility index (Phi) is 9.38. The highest BCUT2D eigenvalue weighted by molar-refractivity contribution is 6.03. The lowest BCUT2D eigenvalue weighted by molar-refractivity contribution is -0.117. The molecule has 0 aliphatic heterocycles. The highest BCUT2D eigenvalue weighted by atomic mass is 16.5. The minimum atomic E-state index is -0.551. The van der Waals surface area contributed by atoms with Crippen LogP contribution >= 0.6 is 0 Å². The number of nitrogens with zero attached hydrogens (tertiary/aromatic N) is 1. The number of ether oxygens (including phenoxy) is 1. The minimum absolute atomic E-state index is 0.0636. The number of nitrogens with one attached hydrogen (secondary N) is 2. The summed E-state index contributed by atoms with van der Waals surface area (Å²) in [6.07, 6.45) is 7.48. The van der Waals surface area contributed by atoms with Gasteiger partial charge in [-0.1, -0.05) is 79.7 Å². The van der Waals surface area contributed by atoms with Crippen molar-refractivity contribution in [2.24, 2.45) is 5.10 Å². The number of allylic oxidation sites excluding steroid dienone is 2. The third-order valence-corrected chi connectivity index (χ3v) is 4.63. The molecule has 6 heteroatoms. The first-order valence-corrected chi connectivity index (χ1v) is 11.0. The Hall–Kier alpha value is -4.45. The van der Waals surface area contributed by atoms with E-state index in [9.17, 15) is 9.59 Å². The lowest BCUT2D eigenvalue weighted by Gasteiger charge is -2.09. The van der Waals surface area contributed by atoms with Crippen molar-refractivity contribution in [2.45, 2.75) is 13.3 Å². The first-order chi connectivity index (χ1) is 16.7. The summed E-state index contributed by atoms with van der Waals surface area (Å²) in [4.78, 5) is 25.4. The number of carbonyl (C=O) groups excluding carboxylic acids is 2. The van der Waals surface area contributed by atoms with E-state index >= 15 is 0 Å². The molecule has 0 heterocycles. The van der Waals surface area contributed by atoms with Crippen LogP contribution in [0, 0.1) is 0 Å². The fourth-order valence-electron chi connectivity index (χ4n) is 2.93. The van der Waals surface area contributed by atoms with E-state index in [1.165, 1.54) is 12.3 Å². The predicted octanol–water partition coefficient (Wildman–Crippen LogP) is 4.95. The normalized spacial score (nSPS) is 11.5. The summed E-state index contributed by atoms with van der Waals surface area (Å²) >= 11 is 0. The van der Waals surface area contributed by atoms with Gasteiger partial charge in [0.05, 0.1) is 12.8 Å². The molecular weight excluding hydrogens is 426 g/mol. The van der Waals surface area contributed by atoms with E-state index in [1.54, 1.807) is 30.3 Å². The van der Waals surface area contributed by atoms with E-state index < -0.39 is 11.8 Å². The maximum absolute atomic E-state index is 12.8. The van der Waals surface area contributed by atoms with Gasteiger partial charge in [-0.2, -0.15) is 5.10 Å². The molecule has 0 aromatic heterocycles. The number of hydrazone groups is 1. The van der Waals surface area contributed by atoms with E-state index in [2.05, 4.69) is 15.8 Å². The van der Waals surface area contributed by atoms with E-state index in [0.29, 0.717) is 17.9 Å². The average Bonchev–Trinajstić information content (AvgIpc) is 2.88. The monoisotopic (exact) mass is 453 g/mol. The van der Waals surface area contributed by atoms with Crippen LogP contribution < -0.4 is 15.5 Å². The van der Waals surface area contributed by atoms with E-state index in [0.717, 1.165) is 17.5 Å². The molecule has 0 unspecified atom stereocenters. The highest BCUT2D eigenvalue weighted by Gasteiger charge is 2.13. The second-order valence-electron chi connectivity index (χ2n) is 7.26. The zero-order valence-electron chi connectivity index (χ0n) is 19.0. The third kappa shape index (κ3) is 7.60. The van der Waals surface area contributed by atoms with Crippen molar-refractivity contribution < 1.29 is 14.3 Å². The number of rotatable bonds is 10. The molecule has 0 aliphatic carbocycles. The van der Waals surface area contributed by atoms with Crippen molar-refractivity contribution in [3.63, 3.8) is 0 Å². The first-order valence-electron chi connectivity index (χ1n) is 11.0. The molecule has 0 radical (unpaired) electrons. The quantitative estimate of drug-likeness (QED) is 0.197. The van der Waals surface area contributed by atoms with Gasteiger partial charge in [-0.25, -0.2) is 5.43 Å². The summed E-state index contributed by atoms with van der Waals surface area (Å²) in [5, 5.41) is 6.72. The van der Waals surface area contributed by atoms with Gasteiger partial charge < -0.3 is 10.1 Å². The van der Waals surface area contributed by atoms with Crippen molar-refractivity contribution >= 4 is 24.1 Å². The van der Waals surface area contributed by atoms with Crippen LogP contribution in [0.4, 0.5) is 0 Å². The van der Waals surface area contributed by atoms with Crippen molar-refractivity contribution in [1.82, 2.24) is 10.7 Å². The largest absolute Gasteiger partial charge is 0.493 e. The second-order valence-corrected chi connectivity index (χ2v) is 7.26. The Morgan fingerprint density at radius 1 is 0.912 bits per heavy atom.